The molecule has 8 heteroatoms. The van der Waals surface area contributed by atoms with Gasteiger partial charge in [0.2, 0.25) is 0 Å². The molecule has 0 fully saturated rings. The van der Waals surface area contributed by atoms with Crippen molar-refractivity contribution in [2.24, 2.45) is 5.92 Å². The van der Waals surface area contributed by atoms with Crippen molar-refractivity contribution in [3.63, 3.8) is 0 Å². The molecular weight excluding hydrogens is 550 g/mol. The summed E-state index contributed by atoms with van der Waals surface area (Å²) in [5, 5.41) is 21.8. The van der Waals surface area contributed by atoms with E-state index in [1.165, 1.54) is 18.2 Å². The molecule has 8 nitrogen and oxygen atoms in total. The van der Waals surface area contributed by atoms with E-state index in [0.29, 0.717) is 13.0 Å². The Hall–Kier alpha value is -4.56. The molecule has 2 atom stereocenters. The number of carbonyl (C=O) groups is 1. The van der Waals surface area contributed by atoms with Crippen LogP contribution in [0.25, 0.3) is 33.4 Å². The predicted molar refractivity (Wildman–Crippen MR) is 172 cm³/mol. The van der Waals surface area contributed by atoms with E-state index in [-0.39, 0.29) is 17.8 Å². The van der Waals surface area contributed by atoms with Gasteiger partial charge in [0.15, 0.2) is 0 Å². The van der Waals surface area contributed by atoms with Crippen LogP contribution in [0.5, 0.6) is 0 Å². The summed E-state index contributed by atoms with van der Waals surface area (Å²) in [6.45, 7) is 8.90. The zero-order valence-electron chi connectivity index (χ0n) is 26.0. The van der Waals surface area contributed by atoms with Crippen LogP contribution >= 0.6 is 0 Å². The highest BCUT2D eigenvalue weighted by atomic mass is 16.5. The van der Waals surface area contributed by atoms with Gasteiger partial charge >= 0.3 is 5.97 Å². The fraction of sp³-hybridized carbons (Fsp3) is 0.333. The number of fused-ring (bicyclic) bond motifs is 1. The average molecular weight is 590 g/mol. The summed E-state index contributed by atoms with van der Waals surface area (Å²) in [6, 6.07) is 20.0. The second-order valence-electron chi connectivity index (χ2n) is 12.0. The number of pyridine rings is 1. The van der Waals surface area contributed by atoms with E-state index >= 15 is 0 Å². The number of hydrogen-bond donors (Lipinski definition) is 1. The fourth-order valence-electron chi connectivity index (χ4n) is 6.39. The van der Waals surface area contributed by atoms with E-state index in [1.807, 2.05) is 64.9 Å². The summed E-state index contributed by atoms with van der Waals surface area (Å²) in [7, 11) is 1.45. The van der Waals surface area contributed by atoms with Gasteiger partial charge in [-0.1, -0.05) is 62.4 Å². The number of hydrogen-bond acceptors (Lipinski definition) is 6. The van der Waals surface area contributed by atoms with Crippen molar-refractivity contribution in [1.82, 2.24) is 24.5 Å². The van der Waals surface area contributed by atoms with Crippen LogP contribution < -0.4 is 0 Å². The third-order valence-corrected chi connectivity index (χ3v) is 8.70. The number of rotatable bonds is 8. The summed E-state index contributed by atoms with van der Waals surface area (Å²) in [5.41, 5.74) is 9.88. The van der Waals surface area contributed by atoms with E-state index in [2.05, 4.69) is 45.0 Å². The average Bonchev–Trinajstić information content (AvgIpc) is 3.61. The minimum atomic E-state index is -0.654. The van der Waals surface area contributed by atoms with Gasteiger partial charge in [-0.3, -0.25) is 14.5 Å². The molecular formula is C36H39N5O3. The molecule has 1 N–H and O–H groups in total. The van der Waals surface area contributed by atoms with Crippen molar-refractivity contribution in [1.29, 1.82) is 0 Å². The van der Waals surface area contributed by atoms with Crippen LogP contribution in [0.3, 0.4) is 0 Å². The first kappa shape index (κ1) is 29.5. The van der Waals surface area contributed by atoms with Gasteiger partial charge in [0.25, 0.3) is 0 Å². The molecule has 6 rings (SSSR count). The highest BCUT2D eigenvalue weighted by Gasteiger charge is 2.25. The summed E-state index contributed by atoms with van der Waals surface area (Å²) >= 11 is 0. The Kier molecular flexibility index (Phi) is 8.19. The first-order valence-corrected chi connectivity index (χ1v) is 15.3. The molecule has 3 heterocycles. The zero-order valence-corrected chi connectivity index (χ0v) is 26.0. The molecule has 0 amide bonds. The van der Waals surface area contributed by atoms with Gasteiger partial charge in [0.05, 0.1) is 54.0 Å². The summed E-state index contributed by atoms with van der Waals surface area (Å²) < 4.78 is 8.77. The minimum Gasteiger partial charge on any atom is -0.469 e. The first-order valence-electron chi connectivity index (χ1n) is 15.3. The van der Waals surface area contributed by atoms with E-state index in [4.69, 9.17) is 19.9 Å². The molecule has 44 heavy (non-hydrogen) atoms. The molecule has 226 valence electrons. The van der Waals surface area contributed by atoms with Crippen molar-refractivity contribution in [3.8, 4) is 16.9 Å². The second-order valence-corrected chi connectivity index (χ2v) is 12.0. The van der Waals surface area contributed by atoms with E-state index in [9.17, 15) is 9.90 Å². The number of nitrogens with zero attached hydrogens (tertiary/aromatic N) is 5. The molecule has 1 unspecified atom stereocenters. The number of allylic oxidation sites excluding steroid dienone is 2. The van der Waals surface area contributed by atoms with Crippen LogP contribution in [0.15, 0.2) is 72.9 Å². The quantitative estimate of drug-likeness (QED) is 0.194. The van der Waals surface area contributed by atoms with E-state index < -0.39 is 6.10 Å². The summed E-state index contributed by atoms with van der Waals surface area (Å²) in [4.78, 5) is 16.9. The Bertz CT molecular complexity index is 1850. The molecule has 1 aliphatic carbocycles. The molecule has 5 aromatic rings. The Labute approximate surface area is 258 Å². The van der Waals surface area contributed by atoms with Gasteiger partial charge in [-0.05, 0) is 68.4 Å². The van der Waals surface area contributed by atoms with Crippen molar-refractivity contribution < 1.29 is 14.6 Å². The third-order valence-electron chi connectivity index (χ3n) is 8.70. The van der Waals surface area contributed by atoms with Crippen LogP contribution in [0.1, 0.15) is 73.3 Å². The van der Waals surface area contributed by atoms with Crippen LogP contribution in [0, 0.1) is 19.8 Å². The van der Waals surface area contributed by atoms with Gasteiger partial charge in [-0.25, -0.2) is 4.68 Å². The topological polar surface area (TPSA) is 95.1 Å². The SMILES string of the molecule is COC(=O)C1CC=C(c2ccc(-n3nc(-c4cccc5nn(C[C@H](O)c6ccccc6)cc45)c(C(C)C)c3C)c(C)n2)CC1. The lowest BCUT2D eigenvalue weighted by atomic mass is 9.88. The van der Waals surface area contributed by atoms with Gasteiger partial charge in [0, 0.05) is 28.4 Å². The first-order chi connectivity index (χ1) is 21.2. The highest BCUT2D eigenvalue weighted by molar-refractivity contribution is 5.94. The predicted octanol–water partition coefficient (Wildman–Crippen LogP) is 7.11. The van der Waals surface area contributed by atoms with Crippen molar-refractivity contribution in [3.05, 3.63) is 101 Å². The third kappa shape index (κ3) is 5.57. The molecule has 0 saturated carbocycles. The van der Waals surface area contributed by atoms with Crippen LogP contribution in [0.4, 0.5) is 0 Å². The molecule has 0 saturated heterocycles. The highest BCUT2D eigenvalue weighted by Crippen LogP contribution is 2.37. The number of carbonyl (C=O) groups excluding carboxylic acids is 1. The number of aliphatic hydroxyl groups excluding tert-OH is 1. The molecule has 2 aromatic carbocycles. The van der Waals surface area contributed by atoms with Crippen molar-refractivity contribution in [2.75, 3.05) is 7.11 Å². The van der Waals surface area contributed by atoms with Crippen molar-refractivity contribution in [2.45, 2.75) is 65.5 Å². The number of ether oxygens (including phenoxy) is 1. The molecule has 3 aromatic heterocycles. The molecule has 0 radical (unpaired) electrons. The number of aryl methyl sites for hydroxylation is 1. The molecule has 1 aliphatic rings. The Morgan fingerprint density at radius 1 is 1.05 bits per heavy atom. The number of aliphatic hydroxyl groups is 1. The van der Waals surface area contributed by atoms with Gasteiger partial charge in [0.1, 0.15) is 0 Å². The normalized spacial score (nSPS) is 15.9. The van der Waals surface area contributed by atoms with Crippen LogP contribution in [0.2, 0.25) is 0 Å². The maximum Gasteiger partial charge on any atom is 0.308 e. The number of methoxy groups -OCH3 is 1. The molecule has 0 bridgehead atoms. The number of aromatic nitrogens is 5. The van der Waals surface area contributed by atoms with Crippen molar-refractivity contribution >= 4 is 22.4 Å². The Morgan fingerprint density at radius 3 is 2.52 bits per heavy atom. The van der Waals surface area contributed by atoms with E-state index in [1.54, 1.807) is 0 Å². The largest absolute Gasteiger partial charge is 0.469 e. The van der Waals surface area contributed by atoms with Gasteiger partial charge in [-0.2, -0.15) is 10.2 Å². The Morgan fingerprint density at radius 2 is 1.84 bits per heavy atom. The van der Waals surface area contributed by atoms with Gasteiger partial charge < -0.3 is 9.84 Å². The van der Waals surface area contributed by atoms with Gasteiger partial charge in [-0.15, -0.1) is 0 Å². The lowest BCUT2D eigenvalue weighted by Gasteiger charge is -2.20. The fourth-order valence-corrected chi connectivity index (χ4v) is 6.39. The molecule has 0 spiro atoms. The molecule has 0 aliphatic heterocycles. The number of esters is 1. The number of benzene rings is 2. The Balaban J connectivity index is 1.34. The standard InChI is InChI=1S/C36H39N5O3/c1-22(2)34-24(4)41(32-19-18-30(37-23(32)3)25-14-16-27(17-15-25)36(43)44-5)39-35(34)28-12-9-13-31-29(28)20-40(38-31)21-33(42)26-10-7-6-8-11-26/h6-14,18-20,22,27,33,42H,15-17,21H2,1-5H3/t27?,33-/m0/s1. The maximum atomic E-state index is 12.0. The smallest absolute Gasteiger partial charge is 0.308 e. The van der Waals surface area contributed by atoms with Crippen LogP contribution in [-0.4, -0.2) is 42.7 Å². The maximum absolute atomic E-state index is 12.0. The van der Waals surface area contributed by atoms with Crippen LogP contribution in [-0.2, 0) is 16.1 Å². The minimum absolute atomic E-state index is 0.0748. The van der Waals surface area contributed by atoms with E-state index in [0.717, 1.165) is 63.3 Å². The zero-order chi connectivity index (χ0) is 31.0. The monoisotopic (exact) mass is 589 g/mol. The second kappa shape index (κ2) is 12.2. The summed E-state index contributed by atoms with van der Waals surface area (Å²) in [6.07, 6.45) is 5.73. The lowest BCUT2D eigenvalue weighted by molar-refractivity contribution is -0.145. The summed E-state index contributed by atoms with van der Waals surface area (Å²) in [5.74, 6) is 0.0272. The lowest BCUT2D eigenvalue weighted by Crippen LogP contribution is -2.18.